The van der Waals surface area contributed by atoms with Crippen LogP contribution in [0, 0.1) is 0 Å². The quantitative estimate of drug-likeness (QED) is 0.343. The molecule has 196 valence electrons. The van der Waals surface area contributed by atoms with Gasteiger partial charge in [-0.2, -0.15) is 0 Å². The summed E-state index contributed by atoms with van der Waals surface area (Å²) in [5.74, 6) is 0.974. The molecule has 0 aliphatic carbocycles. The smallest absolute Gasteiger partial charge is 0.274 e. The lowest BCUT2D eigenvalue weighted by Gasteiger charge is -2.30. The van der Waals surface area contributed by atoms with Crippen molar-refractivity contribution in [2.24, 2.45) is 0 Å². The Kier molecular flexibility index (Phi) is 10.3. The third-order valence-electron chi connectivity index (χ3n) is 4.96. The van der Waals surface area contributed by atoms with Crippen LogP contribution in [0.3, 0.4) is 0 Å². The Morgan fingerprint density at radius 3 is 2.19 bits per heavy atom. The molecule has 2 rings (SSSR count). The van der Waals surface area contributed by atoms with E-state index >= 15 is 0 Å². The molecule has 0 unspecified atom stereocenters. The molecular formula is C28H42N6O2. The summed E-state index contributed by atoms with van der Waals surface area (Å²) >= 11 is 0. The molecule has 1 heterocycles. The van der Waals surface area contributed by atoms with Crippen LogP contribution in [0.15, 0.2) is 67.5 Å². The number of para-hydroxylation sites is 2. The number of anilines is 2. The van der Waals surface area contributed by atoms with E-state index in [-0.39, 0.29) is 17.6 Å². The van der Waals surface area contributed by atoms with E-state index in [0.717, 1.165) is 24.5 Å². The van der Waals surface area contributed by atoms with E-state index in [2.05, 4.69) is 57.7 Å². The second-order valence-corrected chi connectivity index (χ2v) is 10.3. The largest absolute Gasteiger partial charge is 0.474 e. The summed E-state index contributed by atoms with van der Waals surface area (Å²) in [6.07, 6.45) is 1.74. The fourth-order valence-electron chi connectivity index (χ4n) is 3.36. The average Bonchev–Trinajstić information content (AvgIpc) is 2.76. The number of carbonyl (C=O) groups excluding carboxylic acids is 1. The Balaban J connectivity index is 2.08. The maximum Gasteiger partial charge on any atom is 0.274 e. The highest BCUT2D eigenvalue weighted by Crippen LogP contribution is 2.24. The van der Waals surface area contributed by atoms with E-state index in [1.807, 2.05) is 65.2 Å². The fourth-order valence-corrected chi connectivity index (χ4v) is 3.36. The topological polar surface area (TPSA) is 81.8 Å². The van der Waals surface area contributed by atoms with Gasteiger partial charge in [-0.15, -0.1) is 0 Å². The molecular weight excluding hydrogens is 452 g/mol. The van der Waals surface area contributed by atoms with Crippen LogP contribution in [0.4, 0.5) is 11.4 Å². The van der Waals surface area contributed by atoms with Gasteiger partial charge >= 0.3 is 0 Å². The van der Waals surface area contributed by atoms with Crippen molar-refractivity contribution in [3.05, 3.63) is 78.7 Å². The monoisotopic (exact) mass is 494 g/mol. The zero-order chi connectivity index (χ0) is 26.9. The van der Waals surface area contributed by atoms with Crippen LogP contribution in [0.2, 0.25) is 0 Å². The van der Waals surface area contributed by atoms with Gasteiger partial charge in [-0.25, -0.2) is 0 Å². The second kappa shape index (κ2) is 13.0. The molecule has 0 atom stereocenters. The molecule has 0 fully saturated rings. The Bertz CT molecular complexity index is 1030. The summed E-state index contributed by atoms with van der Waals surface area (Å²) < 4.78 is 5.75. The first-order valence-corrected chi connectivity index (χ1v) is 12.2. The summed E-state index contributed by atoms with van der Waals surface area (Å²) in [7, 11) is 4.10. The van der Waals surface area contributed by atoms with Gasteiger partial charge in [0.2, 0.25) is 0 Å². The summed E-state index contributed by atoms with van der Waals surface area (Å²) in [6, 6.07) is 11.4. The van der Waals surface area contributed by atoms with Gasteiger partial charge < -0.3 is 30.5 Å². The molecule has 1 aromatic heterocycles. The van der Waals surface area contributed by atoms with Crippen molar-refractivity contribution in [2.45, 2.75) is 52.8 Å². The molecule has 0 spiro atoms. The van der Waals surface area contributed by atoms with Crippen LogP contribution >= 0.6 is 0 Å². The normalized spacial score (nSPS) is 11.2. The highest BCUT2D eigenvalue weighted by molar-refractivity contribution is 6.04. The van der Waals surface area contributed by atoms with Gasteiger partial charge in [-0.3, -0.25) is 9.78 Å². The molecule has 0 aliphatic heterocycles. The number of hydrogen-bond donors (Lipinski definition) is 3. The van der Waals surface area contributed by atoms with Crippen LogP contribution in [0.5, 0.6) is 0 Å². The predicted molar refractivity (Wildman–Crippen MR) is 149 cm³/mol. The average molecular weight is 495 g/mol. The highest BCUT2D eigenvalue weighted by atomic mass is 16.5. The molecule has 1 aromatic carbocycles. The zero-order valence-electron chi connectivity index (χ0n) is 22.8. The summed E-state index contributed by atoms with van der Waals surface area (Å²) in [5, 5.41) is 9.43. The molecule has 0 saturated heterocycles. The van der Waals surface area contributed by atoms with Gasteiger partial charge in [-0.1, -0.05) is 24.8 Å². The van der Waals surface area contributed by atoms with E-state index in [1.165, 1.54) is 0 Å². The van der Waals surface area contributed by atoms with Crippen LogP contribution in [0.25, 0.3) is 0 Å². The van der Waals surface area contributed by atoms with E-state index in [0.29, 0.717) is 29.5 Å². The molecule has 36 heavy (non-hydrogen) atoms. The number of hydrogen-bond acceptors (Lipinski definition) is 7. The molecule has 1 amide bonds. The predicted octanol–water partition coefficient (Wildman–Crippen LogP) is 4.86. The van der Waals surface area contributed by atoms with Gasteiger partial charge in [0.15, 0.2) is 5.88 Å². The number of amides is 1. The Morgan fingerprint density at radius 1 is 1.03 bits per heavy atom. The van der Waals surface area contributed by atoms with Crippen LogP contribution in [0.1, 0.15) is 50.7 Å². The Labute approximate surface area is 216 Å². The fraction of sp³-hybridized carbons (Fsp3) is 0.429. The van der Waals surface area contributed by atoms with Crippen molar-refractivity contribution in [1.29, 1.82) is 0 Å². The molecule has 0 bridgehead atoms. The molecule has 0 aliphatic rings. The van der Waals surface area contributed by atoms with Gasteiger partial charge in [0.05, 0.1) is 17.2 Å². The van der Waals surface area contributed by atoms with Crippen LogP contribution in [-0.4, -0.2) is 59.5 Å². The third-order valence-corrected chi connectivity index (χ3v) is 4.96. The number of likely N-dealkylation sites (N-methyl/N-ethyl adjacent to an activating group) is 1. The van der Waals surface area contributed by atoms with Gasteiger partial charge in [0.1, 0.15) is 11.3 Å². The summed E-state index contributed by atoms with van der Waals surface area (Å²) in [4.78, 5) is 21.7. The van der Waals surface area contributed by atoms with Crippen molar-refractivity contribution in [2.75, 3.05) is 37.8 Å². The number of benzene rings is 1. The standard InChI is InChI=1S/C28H42N6O2/c1-20(2)30-21(3)34(17-16-33(8)9)19-23-14-15-26(29-18-23)27(35)32-25-13-11-10-12-24(25)31-22(4)36-28(5,6)7/h10-15,18,20,30-31H,3-4,16-17,19H2,1-2,5-9H3,(H,32,35). The number of nitrogens with one attached hydrogen (secondary N) is 3. The van der Waals surface area contributed by atoms with Crippen molar-refractivity contribution in [1.82, 2.24) is 20.1 Å². The van der Waals surface area contributed by atoms with E-state index in [4.69, 9.17) is 4.74 Å². The number of ether oxygens (including phenoxy) is 1. The van der Waals surface area contributed by atoms with Gasteiger partial charge in [0, 0.05) is 31.9 Å². The molecule has 0 radical (unpaired) electrons. The zero-order valence-corrected chi connectivity index (χ0v) is 22.8. The van der Waals surface area contributed by atoms with Gasteiger partial charge in [-0.05, 0) is 79.1 Å². The number of pyridine rings is 1. The third kappa shape index (κ3) is 10.00. The molecule has 8 heteroatoms. The number of aromatic nitrogens is 1. The highest BCUT2D eigenvalue weighted by Gasteiger charge is 2.16. The van der Waals surface area contributed by atoms with Crippen molar-refractivity contribution in [3.8, 4) is 0 Å². The Morgan fingerprint density at radius 2 is 1.67 bits per heavy atom. The van der Waals surface area contributed by atoms with Gasteiger partial charge in [0.25, 0.3) is 5.91 Å². The minimum atomic E-state index is -0.382. The SMILES string of the molecule is C=C(Nc1ccccc1NC(=O)c1ccc(CN(CCN(C)C)C(=C)NC(C)C)cn1)OC(C)(C)C. The second-order valence-electron chi connectivity index (χ2n) is 10.3. The maximum absolute atomic E-state index is 12.9. The lowest BCUT2D eigenvalue weighted by Crippen LogP contribution is -2.38. The lowest BCUT2D eigenvalue weighted by molar-refractivity contribution is 0.0565. The molecule has 0 saturated carbocycles. The van der Waals surface area contributed by atoms with Crippen LogP contribution in [-0.2, 0) is 11.3 Å². The molecule has 2 aromatic rings. The summed E-state index contributed by atoms with van der Waals surface area (Å²) in [5.41, 5.74) is 2.24. The number of rotatable bonds is 13. The first-order valence-electron chi connectivity index (χ1n) is 12.2. The van der Waals surface area contributed by atoms with Crippen molar-refractivity contribution in [3.63, 3.8) is 0 Å². The lowest BCUT2D eigenvalue weighted by atomic mass is 10.2. The minimum absolute atomic E-state index is 0.290. The van der Waals surface area contributed by atoms with Crippen molar-refractivity contribution < 1.29 is 9.53 Å². The summed E-state index contributed by atoms with van der Waals surface area (Å²) in [6.45, 7) is 20.5. The molecule has 3 N–H and O–H groups in total. The van der Waals surface area contributed by atoms with E-state index < -0.39 is 0 Å². The number of carbonyl (C=O) groups is 1. The van der Waals surface area contributed by atoms with Crippen LogP contribution < -0.4 is 16.0 Å². The Hall–Kier alpha value is -3.52. The maximum atomic E-state index is 12.9. The number of nitrogens with zero attached hydrogens (tertiary/aromatic N) is 3. The van der Waals surface area contributed by atoms with Crippen molar-refractivity contribution >= 4 is 17.3 Å². The van der Waals surface area contributed by atoms with E-state index in [9.17, 15) is 4.79 Å². The van der Waals surface area contributed by atoms with E-state index in [1.54, 1.807) is 12.3 Å². The minimum Gasteiger partial charge on any atom is -0.474 e. The first-order chi connectivity index (χ1) is 16.8. The first kappa shape index (κ1) is 28.7. The molecule has 8 nitrogen and oxygen atoms in total.